The monoisotopic (exact) mass is 283 g/mol. The summed E-state index contributed by atoms with van der Waals surface area (Å²) in [6.07, 6.45) is 0.418. The van der Waals surface area contributed by atoms with E-state index in [1.165, 1.54) is 20.3 Å². The van der Waals surface area contributed by atoms with Crippen LogP contribution in [0.3, 0.4) is 0 Å². The molecule has 0 spiro atoms. The maximum atomic E-state index is 14.0. The highest BCUT2D eigenvalue weighted by atomic mass is 19.1. The lowest BCUT2D eigenvalue weighted by Crippen LogP contribution is -2.17. The molecule has 1 saturated heterocycles. The zero-order valence-corrected chi connectivity index (χ0v) is 11.5. The molecule has 1 heterocycles. The molecule has 5 nitrogen and oxygen atoms in total. The van der Waals surface area contributed by atoms with Crippen LogP contribution in [-0.2, 0) is 16.1 Å². The molecule has 6 heteroatoms. The van der Waals surface area contributed by atoms with Gasteiger partial charge >= 0.3 is 5.97 Å². The summed E-state index contributed by atoms with van der Waals surface area (Å²) in [6, 6.07) is 2.94. The minimum atomic E-state index is -0.840. The Morgan fingerprint density at radius 2 is 2.25 bits per heavy atom. The summed E-state index contributed by atoms with van der Waals surface area (Å²) >= 11 is 0. The van der Waals surface area contributed by atoms with Crippen LogP contribution in [0.25, 0.3) is 0 Å². The molecule has 0 saturated carbocycles. The van der Waals surface area contributed by atoms with E-state index in [2.05, 4.69) is 5.32 Å². The molecule has 2 atom stereocenters. The number of hydrogen-bond donors (Lipinski definition) is 2. The fourth-order valence-corrected chi connectivity index (χ4v) is 2.56. The van der Waals surface area contributed by atoms with Gasteiger partial charge in [-0.15, -0.1) is 0 Å². The number of hydrogen-bond acceptors (Lipinski definition) is 4. The van der Waals surface area contributed by atoms with Crippen molar-refractivity contribution in [3.8, 4) is 5.75 Å². The fourth-order valence-electron chi connectivity index (χ4n) is 2.56. The number of rotatable bonds is 5. The Labute approximate surface area is 116 Å². The average Bonchev–Trinajstić information content (AvgIpc) is 2.88. The second kappa shape index (κ2) is 6.19. The van der Waals surface area contributed by atoms with Gasteiger partial charge in [0.2, 0.25) is 0 Å². The van der Waals surface area contributed by atoms with Crippen LogP contribution >= 0.6 is 0 Å². The Morgan fingerprint density at radius 3 is 2.80 bits per heavy atom. The number of carboxylic acids is 1. The van der Waals surface area contributed by atoms with Crippen molar-refractivity contribution in [3.63, 3.8) is 0 Å². The normalized spacial score (nSPS) is 21.9. The summed E-state index contributed by atoms with van der Waals surface area (Å²) in [5.41, 5.74) is 1.34. The van der Waals surface area contributed by atoms with Crippen molar-refractivity contribution in [2.45, 2.75) is 19.1 Å². The van der Waals surface area contributed by atoms with Crippen molar-refractivity contribution in [1.29, 1.82) is 0 Å². The van der Waals surface area contributed by atoms with E-state index in [-0.39, 0.29) is 11.8 Å². The first-order valence-electron chi connectivity index (χ1n) is 6.38. The van der Waals surface area contributed by atoms with Crippen LogP contribution in [0.1, 0.15) is 23.6 Å². The van der Waals surface area contributed by atoms with Gasteiger partial charge in [0, 0.05) is 25.3 Å². The van der Waals surface area contributed by atoms with Crippen LogP contribution in [0.15, 0.2) is 12.1 Å². The number of benzene rings is 1. The molecule has 1 aliphatic heterocycles. The Kier molecular flexibility index (Phi) is 4.57. The van der Waals surface area contributed by atoms with E-state index in [0.29, 0.717) is 30.7 Å². The number of carboxylic acid groups (broad SMARTS) is 1. The summed E-state index contributed by atoms with van der Waals surface area (Å²) in [7, 11) is 2.94. The Bertz CT molecular complexity index is 506. The molecular formula is C14H18FNO4. The molecule has 0 aliphatic carbocycles. The highest BCUT2D eigenvalue weighted by Gasteiger charge is 2.32. The third-order valence-electron chi connectivity index (χ3n) is 3.50. The van der Waals surface area contributed by atoms with Crippen LogP contribution in [0.2, 0.25) is 0 Å². The summed E-state index contributed by atoms with van der Waals surface area (Å²) < 4.78 is 24.1. The molecule has 0 radical (unpaired) electrons. The van der Waals surface area contributed by atoms with Crippen LogP contribution in [0, 0.1) is 11.7 Å². The van der Waals surface area contributed by atoms with Gasteiger partial charge in [0.05, 0.1) is 19.6 Å². The highest BCUT2D eigenvalue weighted by Crippen LogP contribution is 2.35. The number of ether oxygens (including phenoxy) is 2. The molecule has 0 amide bonds. The number of aliphatic carboxylic acids is 1. The van der Waals surface area contributed by atoms with E-state index in [1.807, 2.05) is 0 Å². The fraction of sp³-hybridized carbons (Fsp3) is 0.500. The molecule has 0 aromatic heterocycles. The largest absolute Gasteiger partial charge is 0.493 e. The minimum Gasteiger partial charge on any atom is -0.493 e. The van der Waals surface area contributed by atoms with Crippen LogP contribution in [0.4, 0.5) is 4.39 Å². The van der Waals surface area contributed by atoms with Crippen molar-refractivity contribution in [3.05, 3.63) is 29.1 Å². The van der Waals surface area contributed by atoms with Crippen LogP contribution < -0.4 is 10.1 Å². The summed E-state index contributed by atoms with van der Waals surface area (Å²) in [5, 5.41) is 12.1. The van der Waals surface area contributed by atoms with E-state index < -0.39 is 17.7 Å². The molecule has 20 heavy (non-hydrogen) atoms. The van der Waals surface area contributed by atoms with E-state index in [4.69, 9.17) is 14.6 Å². The third-order valence-corrected chi connectivity index (χ3v) is 3.50. The molecule has 110 valence electrons. The Balaban J connectivity index is 2.32. The van der Waals surface area contributed by atoms with Crippen molar-refractivity contribution < 1.29 is 23.8 Å². The highest BCUT2D eigenvalue weighted by molar-refractivity contribution is 5.71. The first-order chi connectivity index (χ1) is 9.56. The maximum Gasteiger partial charge on any atom is 0.307 e. The zero-order valence-electron chi connectivity index (χ0n) is 11.5. The maximum absolute atomic E-state index is 14.0. The van der Waals surface area contributed by atoms with E-state index in [1.54, 1.807) is 6.07 Å². The van der Waals surface area contributed by atoms with Crippen molar-refractivity contribution in [1.82, 2.24) is 5.32 Å². The number of carbonyl (C=O) groups is 1. The number of methoxy groups -OCH3 is 2. The van der Waals surface area contributed by atoms with E-state index >= 15 is 0 Å². The van der Waals surface area contributed by atoms with E-state index in [9.17, 15) is 9.18 Å². The lowest BCUT2D eigenvalue weighted by Gasteiger charge is -2.17. The summed E-state index contributed by atoms with van der Waals surface area (Å²) in [4.78, 5) is 11.0. The second-order valence-electron chi connectivity index (χ2n) is 4.86. The molecule has 2 unspecified atom stereocenters. The molecule has 0 bridgehead atoms. The second-order valence-corrected chi connectivity index (χ2v) is 4.86. The molecule has 1 aromatic carbocycles. The van der Waals surface area contributed by atoms with Gasteiger partial charge < -0.3 is 19.9 Å². The Morgan fingerprint density at radius 1 is 1.50 bits per heavy atom. The Hall–Kier alpha value is -1.66. The van der Waals surface area contributed by atoms with Crippen molar-refractivity contribution in [2.75, 3.05) is 20.8 Å². The number of nitrogens with one attached hydrogen (secondary N) is 1. The quantitative estimate of drug-likeness (QED) is 0.861. The molecular weight excluding hydrogens is 265 g/mol. The molecule has 2 rings (SSSR count). The van der Waals surface area contributed by atoms with E-state index in [0.717, 1.165) is 0 Å². The third kappa shape index (κ3) is 2.91. The first kappa shape index (κ1) is 14.7. The van der Waals surface area contributed by atoms with Gasteiger partial charge in [-0.05, 0) is 24.1 Å². The van der Waals surface area contributed by atoms with Gasteiger partial charge in [0.1, 0.15) is 0 Å². The van der Waals surface area contributed by atoms with Gasteiger partial charge in [0.25, 0.3) is 0 Å². The predicted octanol–water partition coefficient (Wildman–Crippen LogP) is 1.72. The summed E-state index contributed by atoms with van der Waals surface area (Å²) in [5.74, 6) is -1.60. The van der Waals surface area contributed by atoms with Gasteiger partial charge in [-0.25, -0.2) is 4.39 Å². The standard InChI is InChI=1S/C14H18FNO4/c1-19-7-8-3-10(13(20-2)11(15)4-8)12-5-9(6-16-12)14(17)18/h3-4,9,12,16H,5-7H2,1-2H3,(H,17,18). The predicted molar refractivity (Wildman–Crippen MR) is 70.2 cm³/mol. The zero-order chi connectivity index (χ0) is 14.7. The molecule has 1 aromatic rings. The average molecular weight is 283 g/mol. The topological polar surface area (TPSA) is 67.8 Å². The van der Waals surface area contributed by atoms with Crippen LogP contribution in [-0.4, -0.2) is 31.8 Å². The van der Waals surface area contributed by atoms with Gasteiger partial charge in [-0.3, -0.25) is 4.79 Å². The van der Waals surface area contributed by atoms with Crippen molar-refractivity contribution in [2.24, 2.45) is 5.92 Å². The SMILES string of the molecule is COCc1cc(F)c(OC)c(C2CC(C(=O)O)CN2)c1. The van der Waals surface area contributed by atoms with Crippen LogP contribution in [0.5, 0.6) is 5.75 Å². The van der Waals surface area contributed by atoms with Gasteiger partial charge in [-0.1, -0.05) is 0 Å². The minimum absolute atomic E-state index is 0.161. The van der Waals surface area contributed by atoms with Gasteiger partial charge in [0.15, 0.2) is 11.6 Å². The number of halogens is 1. The molecule has 1 aliphatic rings. The summed E-state index contributed by atoms with van der Waals surface area (Å²) in [6.45, 7) is 0.669. The molecule has 1 fully saturated rings. The molecule has 2 N–H and O–H groups in total. The lowest BCUT2D eigenvalue weighted by molar-refractivity contribution is -0.141. The van der Waals surface area contributed by atoms with Crippen molar-refractivity contribution >= 4 is 5.97 Å². The smallest absolute Gasteiger partial charge is 0.307 e. The lowest BCUT2D eigenvalue weighted by atomic mass is 9.97. The first-order valence-corrected chi connectivity index (χ1v) is 6.38. The van der Waals surface area contributed by atoms with Gasteiger partial charge in [-0.2, -0.15) is 0 Å².